The molecule has 0 saturated carbocycles. The number of aliphatic carboxylic acids is 1. The zero-order valence-electron chi connectivity index (χ0n) is 21.8. The monoisotopic (exact) mass is 547 g/mol. The number of carboxylic acid groups (broad SMARTS) is 1. The lowest BCUT2D eigenvalue weighted by molar-refractivity contribution is -0.155. The maximum absolute atomic E-state index is 14.5. The highest BCUT2D eigenvalue weighted by atomic mass is 16.4. The lowest BCUT2D eigenvalue weighted by Crippen LogP contribution is -2.56. The van der Waals surface area contributed by atoms with E-state index in [-0.39, 0.29) is 42.3 Å². The first-order valence-corrected chi connectivity index (χ1v) is 12.6. The number of amides is 2. The van der Waals surface area contributed by atoms with E-state index in [9.17, 15) is 24.6 Å². The summed E-state index contributed by atoms with van der Waals surface area (Å²) in [5, 5.41) is 43.5. The number of carbonyl (C=O) groups excluding carboxylic acids is 2. The average molecular weight is 548 g/mol. The molecule has 0 aliphatic rings. The Morgan fingerprint density at radius 3 is 1.95 bits per heavy atom. The molecule has 11 heteroatoms. The summed E-state index contributed by atoms with van der Waals surface area (Å²) >= 11 is 0. The fourth-order valence-electron chi connectivity index (χ4n) is 4.33. The van der Waals surface area contributed by atoms with Crippen LogP contribution in [0, 0.1) is 5.41 Å². The van der Waals surface area contributed by atoms with Crippen LogP contribution in [0.25, 0.3) is 0 Å². The number of guanidine groups is 1. The second-order valence-electron chi connectivity index (χ2n) is 9.15. The minimum atomic E-state index is -2.19. The molecule has 8 N–H and O–H groups in total. The molecule has 0 aliphatic carbocycles. The first kappa shape index (κ1) is 29.7. The summed E-state index contributed by atoms with van der Waals surface area (Å²) in [5.41, 5.74) is 4.30. The lowest BCUT2D eigenvalue weighted by atomic mass is 9.84. The van der Waals surface area contributed by atoms with Crippen molar-refractivity contribution in [3.05, 3.63) is 102 Å². The number of rotatable bonds is 13. The summed E-state index contributed by atoms with van der Waals surface area (Å²) in [7, 11) is 0. The van der Waals surface area contributed by atoms with Crippen molar-refractivity contribution in [3.8, 4) is 5.75 Å². The molecule has 0 fully saturated rings. The Balaban J connectivity index is 2.12. The number of carbonyl (C=O) groups is 3. The van der Waals surface area contributed by atoms with E-state index in [0.717, 1.165) is 0 Å². The molecule has 0 saturated heterocycles. The summed E-state index contributed by atoms with van der Waals surface area (Å²) in [6.45, 7) is -0.572. The minimum Gasteiger partial charge on any atom is -0.508 e. The van der Waals surface area contributed by atoms with E-state index in [1.807, 2.05) is 0 Å². The number of aliphatic hydroxyl groups is 1. The molecule has 0 aliphatic heterocycles. The van der Waals surface area contributed by atoms with Gasteiger partial charge in [-0.05, 0) is 41.7 Å². The van der Waals surface area contributed by atoms with Gasteiger partial charge in [-0.2, -0.15) is 0 Å². The van der Waals surface area contributed by atoms with Crippen LogP contribution in [-0.2, 0) is 26.5 Å². The van der Waals surface area contributed by atoms with Crippen LogP contribution in [0.2, 0.25) is 0 Å². The molecular weight excluding hydrogens is 514 g/mol. The van der Waals surface area contributed by atoms with E-state index in [1.54, 1.807) is 72.8 Å². The van der Waals surface area contributed by atoms with Crippen LogP contribution in [0.1, 0.15) is 29.5 Å². The molecule has 0 spiro atoms. The fourth-order valence-corrected chi connectivity index (χ4v) is 4.33. The van der Waals surface area contributed by atoms with Gasteiger partial charge in [0, 0.05) is 13.1 Å². The van der Waals surface area contributed by atoms with Crippen molar-refractivity contribution >= 4 is 23.7 Å². The molecule has 0 unspecified atom stereocenters. The Morgan fingerprint density at radius 1 is 0.900 bits per heavy atom. The van der Waals surface area contributed by atoms with Gasteiger partial charge in [0.05, 0.1) is 0 Å². The van der Waals surface area contributed by atoms with E-state index < -0.39 is 36.0 Å². The molecule has 0 bridgehead atoms. The van der Waals surface area contributed by atoms with Crippen molar-refractivity contribution < 1.29 is 29.7 Å². The predicted molar refractivity (Wildman–Crippen MR) is 148 cm³/mol. The third kappa shape index (κ3) is 7.58. The number of nitrogens with zero attached hydrogens (tertiary/aromatic N) is 1. The van der Waals surface area contributed by atoms with Crippen molar-refractivity contribution in [2.75, 3.05) is 13.1 Å². The van der Waals surface area contributed by atoms with E-state index in [2.05, 4.69) is 10.6 Å². The summed E-state index contributed by atoms with van der Waals surface area (Å²) < 4.78 is 0. The number of phenols is 1. The van der Waals surface area contributed by atoms with Gasteiger partial charge in [0.15, 0.2) is 11.6 Å². The molecular formula is C29H33N5O6. The highest BCUT2D eigenvalue weighted by molar-refractivity contribution is 5.95. The Hall–Kier alpha value is -4.90. The molecule has 40 heavy (non-hydrogen) atoms. The summed E-state index contributed by atoms with van der Waals surface area (Å²) in [4.78, 5) is 40.3. The largest absolute Gasteiger partial charge is 0.508 e. The van der Waals surface area contributed by atoms with Gasteiger partial charge in [0.25, 0.3) is 5.91 Å². The zero-order chi connectivity index (χ0) is 29.1. The Kier molecular flexibility index (Phi) is 10.2. The molecule has 0 radical (unpaired) electrons. The van der Waals surface area contributed by atoms with Crippen LogP contribution in [0.3, 0.4) is 0 Å². The average Bonchev–Trinajstić information content (AvgIpc) is 2.96. The van der Waals surface area contributed by atoms with E-state index in [4.69, 9.17) is 16.2 Å². The molecule has 210 valence electrons. The van der Waals surface area contributed by atoms with E-state index >= 15 is 0 Å². The van der Waals surface area contributed by atoms with Crippen LogP contribution in [0.4, 0.5) is 0 Å². The van der Waals surface area contributed by atoms with Crippen LogP contribution in [0.15, 0.2) is 84.9 Å². The number of hydrogen-bond acceptors (Lipinski definition) is 6. The summed E-state index contributed by atoms with van der Waals surface area (Å²) in [5.74, 6) is -3.02. The number of carboxylic acids is 1. The molecule has 3 aromatic rings. The van der Waals surface area contributed by atoms with Crippen LogP contribution in [0.5, 0.6) is 5.75 Å². The van der Waals surface area contributed by atoms with Crippen molar-refractivity contribution in [1.82, 2.24) is 15.5 Å². The third-order valence-corrected chi connectivity index (χ3v) is 6.31. The first-order chi connectivity index (χ1) is 19.1. The van der Waals surface area contributed by atoms with E-state index in [0.29, 0.717) is 12.0 Å². The van der Waals surface area contributed by atoms with Crippen molar-refractivity contribution in [2.24, 2.45) is 5.73 Å². The number of nitrogens with two attached hydrogens (primary N) is 1. The highest BCUT2D eigenvalue weighted by Crippen LogP contribution is 2.33. The molecule has 0 heterocycles. The van der Waals surface area contributed by atoms with Gasteiger partial charge < -0.3 is 36.6 Å². The maximum Gasteiger partial charge on any atom is 0.322 e. The van der Waals surface area contributed by atoms with Gasteiger partial charge in [0.2, 0.25) is 5.91 Å². The van der Waals surface area contributed by atoms with Crippen LogP contribution in [-0.4, -0.2) is 63.1 Å². The van der Waals surface area contributed by atoms with Crippen molar-refractivity contribution in [2.45, 2.75) is 31.0 Å². The predicted octanol–water partition coefficient (Wildman–Crippen LogP) is 1.49. The standard InChI is InChI=1S/C29H33N5O6/c30-28(31)32-17-7-12-24(26(38)33-18-25(36)37)34(19-20-13-15-23(35)16-14-20)27(39)29(40,21-8-3-1-4-9-21)22-10-5-2-6-11-22/h1-6,8-11,13-16,24,35,40H,7,12,17-19H2,(H,33,38)(H,36,37)(H4,30,31,32)/t24-/m1/s1. The minimum absolute atomic E-state index is 0.0118. The molecule has 0 aromatic heterocycles. The summed E-state index contributed by atoms with van der Waals surface area (Å²) in [6, 6.07) is 21.5. The first-order valence-electron chi connectivity index (χ1n) is 12.6. The smallest absolute Gasteiger partial charge is 0.322 e. The van der Waals surface area contributed by atoms with Gasteiger partial charge >= 0.3 is 5.97 Å². The van der Waals surface area contributed by atoms with Gasteiger partial charge in [0.1, 0.15) is 18.3 Å². The number of benzene rings is 3. The molecule has 1 atom stereocenters. The van der Waals surface area contributed by atoms with Crippen LogP contribution >= 0.6 is 0 Å². The molecule has 11 nitrogen and oxygen atoms in total. The van der Waals surface area contributed by atoms with Crippen molar-refractivity contribution in [3.63, 3.8) is 0 Å². The maximum atomic E-state index is 14.5. The van der Waals surface area contributed by atoms with Crippen molar-refractivity contribution in [1.29, 1.82) is 5.41 Å². The summed E-state index contributed by atoms with van der Waals surface area (Å²) in [6.07, 6.45) is 0.356. The molecule has 3 aromatic carbocycles. The quantitative estimate of drug-likeness (QED) is 0.0951. The number of hydrogen-bond donors (Lipinski definition) is 7. The van der Waals surface area contributed by atoms with Gasteiger partial charge in [-0.15, -0.1) is 0 Å². The van der Waals surface area contributed by atoms with E-state index in [1.165, 1.54) is 17.0 Å². The SMILES string of the molecule is N=C(N)NCCC[C@H](C(=O)NCC(=O)O)N(Cc1ccc(O)cc1)C(=O)C(O)(c1ccccc1)c1ccccc1. The second kappa shape index (κ2) is 13.8. The topological polar surface area (TPSA) is 189 Å². The number of phenolic OH excluding ortho intramolecular Hbond substituents is 1. The zero-order valence-corrected chi connectivity index (χ0v) is 21.8. The molecule has 3 rings (SSSR count). The number of nitrogens with one attached hydrogen (secondary N) is 3. The van der Waals surface area contributed by atoms with Gasteiger partial charge in [-0.1, -0.05) is 72.8 Å². The third-order valence-electron chi connectivity index (χ3n) is 6.31. The Labute approximate surface area is 231 Å². The van der Waals surface area contributed by atoms with Crippen LogP contribution < -0.4 is 16.4 Å². The van der Waals surface area contributed by atoms with Gasteiger partial charge in [-0.25, -0.2) is 0 Å². The normalized spacial score (nSPS) is 11.7. The second-order valence-corrected chi connectivity index (χ2v) is 9.15. The highest BCUT2D eigenvalue weighted by Gasteiger charge is 2.45. The number of aromatic hydroxyl groups is 1. The molecule has 2 amide bonds. The lowest BCUT2D eigenvalue weighted by Gasteiger charge is -2.38. The van der Waals surface area contributed by atoms with Gasteiger partial charge in [-0.3, -0.25) is 19.8 Å². The Morgan fingerprint density at radius 2 is 1.45 bits per heavy atom. The fraction of sp³-hybridized carbons (Fsp3) is 0.241. The Bertz CT molecular complexity index is 1260.